The molecule has 0 saturated carbocycles. The Kier molecular flexibility index (Phi) is 3.47. The molecule has 0 atom stereocenters. The minimum atomic E-state index is -0.523. The van der Waals surface area contributed by atoms with Gasteiger partial charge in [0.25, 0.3) is 0 Å². The zero-order chi connectivity index (χ0) is 13.0. The average molecular weight is 244 g/mol. The minimum absolute atomic E-state index is 0.114. The molecule has 1 heterocycles. The lowest BCUT2D eigenvalue weighted by Crippen LogP contribution is -2.04. The number of rotatable bonds is 4. The van der Waals surface area contributed by atoms with Gasteiger partial charge in [-0.1, -0.05) is 24.3 Å². The van der Waals surface area contributed by atoms with E-state index in [0.29, 0.717) is 12.5 Å². The molecule has 6 nitrogen and oxygen atoms in total. The number of nitrogens with zero attached hydrogens (tertiary/aromatic N) is 3. The fraction of sp³-hybridized carbons (Fsp3) is 0.167. The maximum Gasteiger partial charge on any atom is 0.305 e. The number of nitro groups is 1. The SMILES string of the molecule is Cc1ccccc1CNc1ncc([N+](=O)[O-])cn1. The fourth-order valence-electron chi connectivity index (χ4n) is 1.49. The van der Waals surface area contributed by atoms with Crippen molar-refractivity contribution >= 4 is 11.6 Å². The second-order valence-corrected chi connectivity index (χ2v) is 3.80. The van der Waals surface area contributed by atoms with Crippen LogP contribution in [0.4, 0.5) is 11.6 Å². The molecule has 0 saturated heterocycles. The number of aromatic nitrogens is 2. The minimum Gasteiger partial charge on any atom is -0.350 e. The Labute approximate surface area is 104 Å². The van der Waals surface area contributed by atoms with Crippen LogP contribution in [0.1, 0.15) is 11.1 Å². The molecular formula is C12H12N4O2. The topological polar surface area (TPSA) is 81.0 Å². The third-order valence-corrected chi connectivity index (χ3v) is 2.55. The van der Waals surface area contributed by atoms with E-state index in [-0.39, 0.29) is 5.69 Å². The standard InChI is InChI=1S/C12H12N4O2/c1-9-4-2-3-5-10(9)6-13-12-14-7-11(8-15-12)16(17)18/h2-5,7-8H,6H2,1H3,(H,13,14,15). The molecule has 0 aliphatic heterocycles. The van der Waals surface area contributed by atoms with Gasteiger partial charge in [0.15, 0.2) is 0 Å². The molecule has 0 amide bonds. The molecule has 0 spiro atoms. The predicted octanol–water partition coefficient (Wildman–Crippen LogP) is 2.31. The molecule has 0 aliphatic carbocycles. The zero-order valence-electron chi connectivity index (χ0n) is 9.83. The Hall–Kier alpha value is -2.50. The average Bonchev–Trinajstić information content (AvgIpc) is 2.38. The van der Waals surface area contributed by atoms with E-state index in [1.165, 1.54) is 18.0 Å². The van der Waals surface area contributed by atoms with Crippen LogP contribution in [0.3, 0.4) is 0 Å². The number of anilines is 1. The number of hydrogen-bond donors (Lipinski definition) is 1. The summed E-state index contributed by atoms with van der Waals surface area (Å²) in [6, 6.07) is 7.96. The summed E-state index contributed by atoms with van der Waals surface area (Å²) in [6.07, 6.45) is 2.38. The highest BCUT2D eigenvalue weighted by Crippen LogP contribution is 2.11. The van der Waals surface area contributed by atoms with Gasteiger partial charge < -0.3 is 5.32 Å². The number of aryl methyl sites for hydroxylation is 1. The van der Waals surface area contributed by atoms with Crippen LogP contribution >= 0.6 is 0 Å². The Morgan fingerprint density at radius 1 is 1.28 bits per heavy atom. The Morgan fingerprint density at radius 3 is 2.56 bits per heavy atom. The molecule has 92 valence electrons. The van der Waals surface area contributed by atoms with E-state index in [2.05, 4.69) is 15.3 Å². The van der Waals surface area contributed by atoms with E-state index in [0.717, 1.165) is 5.56 Å². The van der Waals surface area contributed by atoms with Gasteiger partial charge in [0.05, 0.1) is 4.92 Å². The van der Waals surface area contributed by atoms with Crippen LogP contribution in [0, 0.1) is 17.0 Å². The summed E-state index contributed by atoms with van der Waals surface area (Å²) in [5.74, 6) is 0.379. The Bertz CT molecular complexity index is 554. The van der Waals surface area contributed by atoms with Gasteiger partial charge in [-0.15, -0.1) is 0 Å². The Balaban J connectivity index is 2.02. The second-order valence-electron chi connectivity index (χ2n) is 3.80. The first-order valence-corrected chi connectivity index (χ1v) is 5.41. The van der Waals surface area contributed by atoms with Gasteiger partial charge in [0.1, 0.15) is 12.4 Å². The van der Waals surface area contributed by atoms with Gasteiger partial charge >= 0.3 is 5.69 Å². The van der Waals surface area contributed by atoms with E-state index < -0.39 is 4.92 Å². The van der Waals surface area contributed by atoms with Gasteiger partial charge in [-0.05, 0) is 18.1 Å². The summed E-state index contributed by atoms with van der Waals surface area (Å²) in [5.41, 5.74) is 2.20. The number of nitrogens with one attached hydrogen (secondary N) is 1. The van der Waals surface area contributed by atoms with Crippen LogP contribution in [0.5, 0.6) is 0 Å². The predicted molar refractivity (Wildman–Crippen MR) is 67.2 cm³/mol. The van der Waals surface area contributed by atoms with Crippen LogP contribution in [0.15, 0.2) is 36.7 Å². The largest absolute Gasteiger partial charge is 0.350 e. The molecular weight excluding hydrogens is 232 g/mol. The third-order valence-electron chi connectivity index (χ3n) is 2.55. The van der Waals surface area contributed by atoms with E-state index in [1.54, 1.807) is 0 Å². The fourth-order valence-corrected chi connectivity index (χ4v) is 1.49. The molecule has 1 aromatic carbocycles. The first-order valence-electron chi connectivity index (χ1n) is 5.41. The highest BCUT2D eigenvalue weighted by atomic mass is 16.6. The lowest BCUT2D eigenvalue weighted by atomic mass is 10.1. The van der Waals surface area contributed by atoms with Crippen molar-refractivity contribution in [2.75, 3.05) is 5.32 Å². The summed E-state index contributed by atoms with van der Waals surface area (Å²) in [4.78, 5) is 17.7. The second kappa shape index (κ2) is 5.22. The summed E-state index contributed by atoms with van der Waals surface area (Å²) in [7, 11) is 0. The molecule has 0 radical (unpaired) electrons. The maximum atomic E-state index is 10.4. The normalized spacial score (nSPS) is 10.1. The van der Waals surface area contributed by atoms with E-state index in [1.807, 2.05) is 31.2 Å². The summed E-state index contributed by atoms with van der Waals surface area (Å²) in [6.45, 7) is 2.61. The number of hydrogen-bond acceptors (Lipinski definition) is 5. The zero-order valence-corrected chi connectivity index (χ0v) is 9.83. The highest BCUT2D eigenvalue weighted by molar-refractivity contribution is 5.34. The van der Waals surface area contributed by atoms with Crippen molar-refractivity contribution in [2.45, 2.75) is 13.5 Å². The van der Waals surface area contributed by atoms with Crippen LogP contribution in [-0.4, -0.2) is 14.9 Å². The van der Waals surface area contributed by atoms with Gasteiger partial charge in [-0.3, -0.25) is 10.1 Å². The van der Waals surface area contributed by atoms with E-state index in [4.69, 9.17) is 0 Å². The lowest BCUT2D eigenvalue weighted by molar-refractivity contribution is -0.385. The molecule has 0 unspecified atom stereocenters. The van der Waals surface area contributed by atoms with Crippen molar-refractivity contribution in [1.29, 1.82) is 0 Å². The smallest absolute Gasteiger partial charge is 0.305 e. The summed E-state index contributed by atoms with van der Waals surface area (Å²) >= 11 is 0. The van der Waals surface area contributed by atoms with Crippen molar-refractivity contribution < 1.29 is 4.92 Å². The molecule has 0 bridgehead atoms. The van der Waals surface area contributed by atoms with Crippen LogP contribution < -0.4 is 5.32 Å². The lowest BCUT2D eigenvalue weighted by Gasteiger charge is -2.06. The quantitative estimate of drug-likeness (QED) is 0.659. The molecule has 0 fully saturated rings. The Morgan fingerprint density at radius 2 is 1.94 bits per heavy atom. The van der Waals surface area contributed by atoms with E-state index >= 15 is 0 Å². The maximum absolute atomic E-state index is 10.4. The van der Waals surface area contributed by atoms with Crippen molar-refractivity contribution in [3.05, 3.63) is 57.9 Å². The highest BCUT2D eigenvalue weighted by Gasteiger charge is 2.06. The van der Waals surface area contributed by atoms with E-state index in [9.17, 15) is 10.1 Å². The number of benzene rings is 1. The van der Waals surface area contributed by atoms with Crippen LogP contribution in [0.25, 0.3) is 0 Å². The van der Waals surface area contributed by atoms with Crippen molar-refractivity contribution in [1.82, 2.24) is 9.97 Å². The van der Waals surface area contributed by atoms with Gasteiger partial charge in [0, 0.05) is 6.54 Å². The molecule has 6 heteroatoms. The van der Waals surface area contributed by atoms with Crippen molar-refractivity contribution in [3.8, 4) is 0 Å². The van der Waals surface area contributed by atoms with Gasteiger partial charge in [-0.2, -0.15) is 0 Å². The van der Waals surface area contributed by atoms with Crippen molar-refractivity contribution in [2.24, 2.45) is 0 Å². The van der Waals surface area contributed by atoms with Gasteiger partial charge in [0.2, 0.25) is 5.95 Å². The van der Waals surface area contributed by atoms with Gasteiger partial charge in [-0.25, -0.2) is 9.97 Å². The molecule has 2 rings (SSSR count). The molecule has 1 N–H and O–H groups in total. The summed E-state index contributed by atoms with van der Waals surface area (Å²) < 4.78 is 0. The van der Waals surface area contributed by atoms with Crippen LogP contribution in [0.2, 0.25) is 0 Å². The molecule has 1 aromatic heterocycles. The summed E-state index contributed by atoms with van der Waals surface area (Å²) in [5, 5.41) is 13.5. The molecule has 18 heavy (non-hydrogen) atoms. The molecule has 0 aliphatic rings. The third kappa shape index (κ3) is 2.79. The first-order chi connectivity index (χ1) is 8.66. The monoisotopic (exact) mass is 244 g/mol. The first kappa shape index (κ1) is 12.0. The van der Waals surface area contributed by atoms with Crippen molar-refractivity contribution in [3.63, 3.8) is 0 Å². The molecule has 2 aromatic rings. The van der Waals surface area contributed by atoms with Crippen LogP contribution in [-0.2, 0) is 6.54 Å².